The largest absolute Gasteiger partial charge is 0.484 e. The third kappa shape index (κ3) is 5.20. The second kappa shape index (κ2) is 10.2. The lowest BCUT2D eigenvalue weighted by Gasteiger charge is -2.31. The molecule has 0 saturated carbocycles. The van der Waals surface area contributed by atoms with Gasteiger partial charge in [0.2, 0.25) is 0 Å². The van der Waals surface area contributed by atoms with Crippen molar-refractivity contribution in [3.63, 3.8) is 0 Å². The zero-order valence-electron chi connectivity index (χ0n) is 19.5. The molecular weight excluding hydrogens is 531 g/mol. The molecule has 0 radical (unpaired) electrons. The Kier molecular flexibility index (Phi) is 7.19. The first-order valence-electron chi connectivity index (χ1n) is 11.6. The van der Waals surface area contributed by atoms with Gasteiger partial charge in [0.15, 0.2) is 6.61 Å². The van der Waals surface area contributed by atoms with E-state index >= 15 is 0 Å². The summed E-state index contributed by atoms with van der Waals surface area (Å²) < 4.78 is 67.2. The summed E-state index contributed by atoms with van der Waals surface area (Å²) in [6.45, 7) is -0.396. The van der Waals surface area contributed by atoms with Crippen LogP contribution in [0.1, 0.15) is 12.0 Å². The van der Waals surface area contributed by atoms with E-state index < -0.39 is 34.6 Å². The van der Waals surface area contributed by atoms with E-state index in [9.17, 15) is 22.2 Å². The number of fused-ring (bicyclic) bond motifs is 1. The summed E-state index contributed by atoms with van der Waals surface area (Å²) in [5.74, 6) is -2.02. The number of amides is 1. The second-order valence-electron chi connectivity index (χ2n) is 8.80. The maximum absolute atomic E-state index is 13.8. The summed E-state index contributed by atoms with van der Waals surface area (Å²) in [5, 5.41) is 1.41. The summed E-state index contributed by atoms with van der Waals surface area (Å²) in [4.78, 5) is 15.7. The lowest BCUT2D eigenvalue weighted by Crippen LogP contribution is -2.47. The van der Waals surface area contributed by atoms with Crippen LogP contribution in [0.5, 0.6) is 5.75 Å². The Bertz CT molecular complexity index is 1340. The van der Waals surface area contributed by atoms with Crippen molar-refractivity contribution >= 4 is 39.1 Å². The van der Waals surface area contributed by atoms with Crippen molar-refractivity contribution in [2.45, 2.75) is 28.5 Å². The third-order valence-corrected chi connectivity index (χ3v) is 8.58. The van der Waals surface area contributed by atoms with Crippen LogP contribution in [0.4, 0.5) is 13.2 Å². The quantitative estimate of drug-likeness (QED) is 0.428. The van der Waals surface area contributed by atoms with Crippen LogP contribution >= 0.6 is 11.6 Å². The molecule has 196 valence electrons. The normalized spacial score (nSPS) is 20.3. The number of hydrogen-bond donors (Lipinski definition) is 0. The monoisotopic (exact) mass is 553 g/mol. The highest BCUT2D eigenvalue weighted by Gasteiger charge is 2.51. The van der Waals surface area contributed by atoms with E-state index in [1.54, 1.807) is 4.90 Å². The Balaban J connectivity index is 1.34. The SMILES string of the molecule is O=C(N1CCC(S(=O)c2ccc(OCC(F)(F)F)cc2Cl)C1)C1(c2cccc3ccccc23)OCCO1. The van der Waals surface area contributed by atoms with Crippen LogP contribution in [-0.4, -0.2) is 59.4 Å². The van der Waals surface area contributed by atoms with Gasteiger partial charge in [-0.2, -0.15) is 13.2 Å². The third-order valence-electron chi connectivity index (χ3n) is 6.38. The fourth-order valence-corrected chi connectivity index (χ4v) is 6.54. The summed E-state index contributed by atoms with van der Waals surface area (Å²) in [6, 6.07) is 17.2. The van der Waals surface area contributed by atoms with Crippen LogP contribution in [0.3, 0.4) is 0 Å². The molecule has 0 bridgehead atoms. The molecule has 2 aliphatic heterocycles. The van der Waals surface area contributed by atoms with E-state index in [1.165, 1.54) is 18.2 Å². The average molecular weight is 554 g/mol. The molecule has 0 N–H and O–H groups in total. The van der Waals surface area contributed by atoms with E-state index in [2.05, 4.69) is 0 Å². The molecular formula is C26H23ClF3NO5S. The Morgan fingerprint density at radius 2 is 1.84 bits per heavy atom. The van der Waals surface area contributed by atoms with Crippen LogP contribution in [0.2, 0.25) is 5.02 Å². The van der Waals surface area contributed by atoms with Gasteiger partial charge in [0.25, 0.3) is 11.7 Å². The van der Waals surface area contributed by atoms with Crippen LogP contribution in [0, 0.1) is 0 Å². The maximum atomic E-state index is 13.8. The number of ether oxygens (including phenoxy) is 3. The van der Waals surface area contributed by atoms with Gasteiger partial charge in [0, 0.05) is 18.7 Å². The highest BCUT2D eigenvalue weighted by molar-refractivity contribution is 7.85. The van der Waals surface area contributed by atoms with E-state index in [0.29, 0.717) is 18.5 Å². The molecule has 2 fully saturated rings. The highest BCUT2D eigenvalue weighted by Crippen LogP contribution is 2.39. The Morgan fingerprint density at radius 1 is 1.11 bits per heavy atom. The van der Waals surface area contributed by atoms with Gasteiger partial charge < -0.3 is 19.1 Å². The van der Waals surface area contributed by atoms with Crippen LogP contribution < -0.4 is 4.74 Å². The Labute approximate surface area is 218 Å². The molecule has 2 saturated heterocycles. The molecule has 2 unspecified atom stereocenters. The number of carbonyl (C=O) groups excluding carboxylic acids is 1. The molecule has 3 aromatic carbocycles. The molecule has 0 spiro atoms. The first-order valence-corrected chi connectivity index (χ1v) is 13.2. The average Bonchev–Trinajstić information content (AvgIpc) is 3.57. The van der Waals surface area contributed by atoms with Crippen molar-refractivity contribution in [3.8, 4) is 5.75 Å². The first-order chi connectivity index (χ1) is 17.7. The van der Waals surface area contributed by atoms with Crippen LogP contribution in [0.15, 0.2) is 65.6 Å². The number of likely N-dealkylation sites (tertiary alicyclic amines) is 1. The summed E-state index contributed by atoms with van der Waals surface area (Å²) in [7, 11) is -1.60. The number of carbonyl (C=O) groups is 1. The van der Waals surface area contributed by atoms with E-state index in [-0.39, 0.29) is 41.3 Å². The van der Waals surface area contributed by atoms with Gasteiger partial charge in [-0.3, -0.25) is 9.00 Å². The fraction of sp³-hybridized carbons (Fsp3) is 0.346. The lowest BCUT2D eigenvalue weighted by molar-refractivity contribution is -0.196. The Hall–Kier alpha value is -2.66. The molecule has 2 atom stereocenters. The van der Waals surface area contributed by atoms with Crippen LogP contribution in [0.25, 0.3) is 10.8 Å². The Morgan fingerprint density at radius 3 is 2.57 bits per heavy atom. The standard InChI is InChI=1S/C26H23ClF3NO5S/c27-22-14-18(34-16-25(28,29)30)8-9-23(22)37(33)19-10-11-31(15-19)24(32)26(35-12-13-36-26)21-7-3-5-17-4-1-2-6-20(17)21/h1-9,14,19H,10-13,15-16H2. The molecule has 37 heavy (non-hydrogen) atoms. The number of nitrogens with zero attached hydrogens (tertiary/aromatic N) is 1. The van der Waals surface area contributed by atoms with Gasteiger partial charge in [-0.15, -0.1) is 0 Å². The van der Waals surface area contributed by atoms with Gasteiger partial charge >= 0.3 is 6.18 Å². The van der Waals surface area contributed by atoms with Crippen molar-refractivity contribution in [1.29, 1.82) is 0 Å². The highest BCUT2D eigenvalue weighted by atomic mass is 35.5. The summed E-state index contributed by atoms with van der Waals surface area (Å²) in [5.41, 5.74) is 0.621. The lowest BCUT2D eigenvalue weighted by atomic mass is 9.96. The molecule has 0 aromatic heterocycles. The predicted octanol–water partition coefficient (Wildman–Crippen LogP) is 5.04. The van der Waals surface area contributed by atoms with Crippen molar-refractivity contribution in [2.24, 2.45) is 0 Å². The van der Waals surface area contributed by atoms with Gasteiger partial charge in [0.1, 0.15) is 5.75 Å². The zero-order chi connectivity index (χ0) is 26.2. The number of rotatable bonds is 6. The van der Waals surface area contributed by atoms with Gasteiger partial charge in [-0.1, -0.05) is 54.1 Å². The van der Waals surface area contributed by atoms with E-state index in [4.69, 9.17) is 25.8 Å². The zero-order valence-corrected chi connectivity index (χ0v) is 21.1. The van der Waals surface area contributed by atoms with Gasteiger partial charge in [0.05, 0.1) is 39.2 Å². The molecule has 3 aromatic rings. The smallest absolute Gasteiger partial charge is 0.422 e. The topological polar surface area (TPSA) is 65.1 Å². The van der Waals surface area contributed by atoms with Crippen molar-refractivity contribution < 1.29 is 36.4 Å². The molecule has 0 aliphatic carbocycles. The minimum absolute atomic E-state index is 0.0393. The number of alkyl halides is 3. The van der Waals surface area contributed by atoms with Crippen molar-refractivity contribution in [1.82, 2.24) is 4.90 Å². The summed E-state index contributed by atoms with van der Waals surface area (Å²) >= 11 is 6.24. The second-order valence-corrected chi connectivity index (χ2v) is 10.9. The number of halogens is 4. The number of benzene rings is 3. The van der Waals surface area contributed by atoms with E-state index in [1.807, 2.05) is 42.5 Å². The van der Waals surface area contributed by atoms with Gasteiger partial charge in [-0.05, 0) is 35.4 Å². The maximum Gasteiger partial charge on any atom is 0.422 e. The van der Waals surface area contributed by atoms with Crippen molar-refractivity contribution in [3.05, 3.63) is 71.2 Å². The fourth-order valence-electron chi connectivity index (χ4n) is 4.69. The minimum atomic E-state index is -4.48. The van der Waals surface area contributed by atoms with Crippen LogP contribution in [-0.2, 0) is 30.9 Å². The van der Waals surface area contributed by atoms with Crippen molar-refractivity contribution in [2.75, 3.05) is 32.9 Å². The summed E-state index contributed by atoms with van der Waals surface area (Å²) in [6.07, 6.45) is -4.03. The molecule has 6 nitrogen and oxygen atoms in total. The minimum Gasteiger partial charge on any atom is -0.484 e. The molecule has 1 amide bonds. The predicted molar refractivity (Wildman–Crippen MR) is 132 cm³/mol. The van der Waals surface area contributed by atoms with Gasteiger partial charge in [-0.25, -0.2) is 0 Å². The molecule has 11 heteroatoms. The first kappa shape index (κ1) is 26.0. The van der Waals surface area contributed by atoms with E-state index in [0.717, 1.165) is 10.8 Å². The number of hydrogen-bond acceptors (Lipinski definition) is 5. The molecule has 2 heterocycles. The molecule has 2 aliphatic rings. The molecule has 5 rings (SSSR count).